The average molecular weight is 307 g/mol. The highest BCUT2D eigenvalue weighted by Crippen LogP contribution is 2.27. The van der Waals surface area contributed by atoms with Crippen LogP contribution in [0.2, 0.25) is 0 Å². The summed E-state index contributed by atoms with van der Waals surface area (Å²) in [4.78, 5) is 10.3. The van der Waals surface area contributed by atoms with Crippen LogP contribution in [0.25, 0.3) is 10.8 Å². The summed E-state index contributed by atoms with van der Waals surface area (Å²) in [7, 11) is 0. The number of aryl methyl sites for hydroxylation is 1. The molecule has 0 aliphatic carbocycles. The molecule has 1 atom stereocenters. The summed E-state index contributed by atoms with van der Waals surface area (Å²) in [6, 6.07) is 15.3. The van der Waals surface area contributed by atoms with E-state index in [9.17, 15) is 0 Å². The predicted molar refractivity (Wildman–Crippen MR) is 91.2 cm³/mol. The SMILES string of the molecule is Cc1cnc([C@H]2COCCN2Cc2cccc3ccccc23)[nH]1. The van der Waals surface area contributed by atoms with Gasteiger partial charge in [0.1, 0.15) is 5.82 Å². The van der Waals surface area contributed by atoms with Crippen LogP contribution in [-0.4, -0.2) is 34.6 Å². The van der Waals surface area contributed by atoms with E-state index < -0.39 is 0 Å². The first kappa shape index (κ1) is 14.4. The van der Waals surface area contributed by atoms with Crippen molar-refractivity contribution in [3.05, 3.63) is 65.7 Å². The normalized spacial score (nSPS) is 19.3. The van der Waals surface area contributed by atoms with Gasteiger partial charge in [-0.15, -0.1) is 0 Å². The lowest BCUT2D eigenvalue weighted by atomic mass is 10.0. The molecule has 0 bridgehead atoms. The molecule has 4 rings (SSSR count). The Labute approximate surface area is 136 Å². The maximum atomic E-state index is 5.70. The number of hydrogen-bond acceptors (Lipinski definition) is 3. The van der Waals surface area contributed by atoms with E-state index in [-0.39, 0.29) is 6.04 Å². The quantitative estimate of drug-likeness (QED) is 0.806. The molecule has 0 unspecified atom stereocenters. The van der Waals surface area contributed by atoms with Gasteiger partial charge < -0.3 is 9.72 Å². The van der Waals surface area contributed by atoms with Crippen LogP contribution in [0.4, 0.5) is 0 Å². The van der Waals surface area contributed by atoms with Crippen molar-refractivity contribution in [3.8, 4) is 0 Å². The fourth-order valence-electron chi connectivity index (χ4n) is 3.33. The van der Waals surface area contributed by atoms with Gasteiger partial charge in [-0.25, -0.2) is 4.98 Å². The maximum absolute atomic E-state index is 5.70. The number of H-pyrrole nitrogens is 1. The Morgan fingerprint density at radius 1 is 1.22 bits per heavy atom. The topological polar surface area (TPSA) is 41.1 Å². The number of benzene rings is 2. The van der Waals surface area contributed by atoms with Crippen molar-refractivity contribution < 1.29 is 4.74 Å². The van der Waals surface area contributed by atoms with Gasteiger partial charge in [0.15, 0.2) is 0 Å². The lowest BCUT2D eigenvalue weighted by Crippen LogP contribution is -2.39. The van der Waals surface area contributed by atoms with Gasteiger partial charge in [-0.3, -0.25) is 4.90 Å². The van der Waals surface area contributed by atoms with Crippen LogP contribution >= 0.6 is 0 Å². The van der Waals surface area contributed by atoms with E-state index >= 15 is 0 Å². The van der Waals surface area contributed by atoms with Crippen LogP contribution in [0.1, 0.15) is 23.1 Å². The first-order valence-corrected chi connectivity index (χ1v) is 8.11. The van der Waals surface area contributed by atoms with Gasteiger partial charge in [-0.1, -0.05) is 42.5 Å². The van der Waals surface area contributed by atoms with Gasteiger partial charge in [0.25, 0.3) is 0 Å². The molecule has 23 heavy (non-hydrogen) atoms. The maximum Gasteiger partial charge on any atom is 0.126 e. The molecule has 0 spiro atoms. The first-order chi connectivity index (χ1) is 11.3. The number of ether oxygens (including phenoxy) is 1. The summed E-state index contributed by atoms with van der Waals surface area (Å²) in [5.74, 6) is 1.00. The van der Waals surface area contributed by atoms with Crippen molar-refractivity contribution in [1.29, 1.82) is 0 Å². The minimum absolute atomic E-state index is 0.191. The summed E-state index contributed by atoms with van der Waals surface area (Å²) < 4.78 is 5.70. The molecule has 1 aliphatic rings. The molecule has 1 fully saturated rings. The number of rotatable bonds is 3. The van der Waals surface area contributed by atoms with Crippen LogP contribution in [-0.2, 0) is 11.3 Å². The number of morpholine rings is 1. The molecule has 4 nitrogen and oxygen atoms in total. The van der Waals surface area contributed by atoms with Crippen molar-refractivity contribution in [2.45, 2.75) is 19.5 Å². The molecule has 2 heterocycles. The number of aromatic nitrogens is 2. The predicted octanol–water partition coefficient (Wildman–Crippen LogP) is 3.44. The number of aromatic amines is 1. The number of fused-ring (bicyclic) bond motifs is 1. The molecule has 2 aromatic carbocycles. The zero-order valence-electron chi connectivity index (χ0n) is 13.3. The number of nitrogens with one attached hydrogen (secondary N) is 1. The largest absolute Gasteiger partial charge is 0.378 e. The van der Waals surface area contributed by atoms with E-state index in [0.29, 0.717) is 6.61 Å². The number of imidazole rings is 1. The van der Waals surface area contributed by atoms with Crippen LogP contribution in [0.15, 0.2) is 48.7 Å². The van der Waals surface area contributed by atoms with Gasteiger partial charge in [0.05, 0.1) is 19.3 Å². The van der Waals surface area contributed by atoms with E-state index in [1.165, 1.54) is 16.3 Å². The van der Waals surface area contributed by atoms with Crippen molar-refractivity contribution in [1.82, 2.24) is 14.9 Å². The van der Waals surface area contributed by atoms with E-state index in [2.05, 4.69) is 57.3 Å². The van der Waals surface area contributed by atoms with Crippen molar-refractivity contribution in [2.24, 2.45) is 0 Å². The summed E-state index contributed by atoms with van der Waals surface area (Å²) >= 11 is 0. The molecule has 0 radical (unpaired) electrons. The molecular formula is C19H21N3O. The van der Waals surface area contributed by atoms with Gasteiger partial charge >= 0.3 is 0 Å². The Balaban J connectivity index is 1.65. The summed E-state index contributed by atoms with van der Waals surface area (Å²) in [5, 5.41) is 2.62. The Morgan fingerprint density at radius 2 is 2.09 bits per heavy atom. The minimum Gasteiger partial charge on any atom is -0.378 e. The zero-order chi connectivity index (χ0) is 15.6. The second-order valence-corrected chi connectivity index (χ2v) is 6.15. The third-order valence-electron chi connectivity index (χ3n) is 4.53. The molecule has 1 aliphatic heterocycles. The second-order valence-electron chi connectivity index (χ2n) is 6.15. The highest BCUT2D eigenvalue weighted by Gasteiger charge is 2.27. The van der Waals surface area contributed by atoms with Gasteiger partial charge in [0.2, 0.25) is 0 Å². The molecule has 1 N–H and O–H groups in total. The van der Waals surface area contributed by atoms with Crippen LogP contribution < -0.4 is 0 Å². The van der Waals surface area contributed by atoms with Gasteiger partial charge in [-0.2, -0.15) is 0 Å². The molecule has 0 saturated carbocycles. The standard InChI is InChI=1S/C19H21N3O/c1-14-11-20-19(21-14)18-13-23-10-9-22(18)12-16-7-4-6-15-5-2-3-8-17(15)16/h2-8,11,18H,9-10,12-13H2,1H3,(H,20,21)/t18-/m1/s1. The van der Waals surface area contributed by atoms with Crippen LogP contribution in [0, 0.1) is 6.92 Å². The van der Waals surface area contributed by atoms with Gasteiger partial charge in [0, 0.05) is 25.0 Å². The molecule has 0 amide bonds. The van der Waals surface area contributed by atoms with E-state index in [4.69, 9.17) is 4.74 Å². The minimum atomic E-state index is 0.191. The fraction of sp³-hybridized carbons (Fsp3) is 0.316. The first-order valence-electron chi connectivity index (χ1n) is 8.11. The smallest absolute Gasteiger partial charge is 0.126 e. The molecule has 1 aromatic heterocycles. The van der Waals surface area contributed by atoms with Crippen LogP contribution in [0.3, 0.4) is 0 Å². The van der Waals surface area contributed by atoms with Crippen LogP contribution in [0.5, 0.6) is 0 Å². The Kier molecular flexibility index (Phi) is 3.85. The number of nitrogens with zero attached hydrogens (tertiary/aromatic N) is 2. The van der Waals surface area contributed by atoms with Gasteiger partial charge in [-0.05, 0) is 23.3 Å². The highest BCUT2D eigenvalue weighted by atomic mass is 16.5. The molecule has 118 valence electrons. The molecule has 3 aromatic rings. The second kappa shape index (κ2) is 6.14. The van der Waals surface area contributed by atoms with Crippen molar-refractivity contribution in [3.63, 3.8) is 0 Å². The monoisotopic (exact) mass is 307 g/mol. The summed E-state index contributed by atoms with van der Waals surface area (Å²) in [6.45, 7) is 5.34. The number of hydrogen-bond donors (Lipinski definition) is 1. The third kappa shape index (κ3) is 2.87. The van der Waals surface area contributed by atoms with E-state index in [1.807, 2.05) is 13.1 Å². The van der Waals surface area contributed by atoms with Crippen molar-refractivity contribution in [2.75, 3.05) is 19.8 Å². The Hall–Kier alpha value is -2.17. The Morgan fingerprint density at radius 3 is 2.96 bits per heavy atom. The lowest BCUT2D eigenvalue weighted by Gasteiger charge is -2.34. The molecule has 4 heteroatoms. The van der Waals surface area contributed by atoms with E-state index in [0.717, 1.165) is 31.2 Å². The average Bonchev–Trinajstić information content (AvgIpc) is 3.02. The zero-order valence-corrected chi connectivity index (χ0v) is 13.3. The summed E-state index contributed by atoms with van der Waals surface area (Å²) in [5.41, 5.74) is 2.45. The lowest BCUT2D eigenvalue weighted by molar-refractivity contribution is -0.0154. The summed E-state index contributed by atoms with van der Waals surface area (Å²) in [6.07, 6.45) is 1.89. The molecular weight excluding hydrogens is 286 g/mol. The fourth-order valence-corrected chi connectivity index (χ4v) is 3.33. The van der Waals surface area contributed by atoms with E-state index in [1.54, 1.807) is 0 Å². The van der Waals surface area contributed by atoms with Crippen molar-refractivity contribution >= 4 is 10.8 Å². The highest BCUT2D eigenvalue weighted by molar-refractivity contribution is 5.85. The third-order valence-corrected chi connectivity index (χ3v) is 4.53. The molecule has 1 saturated heterocycles. The Bertz CT molecular complexity index is 806.